The van der Waals surface area contributed by atoms with Crippen LogP contribution in [0.4, 0.5) is 0 Å². The van der Waals surface area contributed by atoms with Gasteiger partial charge in [-0.1, -0.05) is 30.3 Å². The first kappa shape index (κ1) is 21.8. The zero-order valence-corrected chi connectivity index (χ0v) is 17.5. The van der Waals surface area contributed by atoms with Crippen LogP contribution in [0.15, 0.2) is 30.3 Å². The monoisotopic (exact) mass is 396 g/mol. The van der Waals surface area contributed by atoms with Crippen LogP contribution in [0.1, 0.15) is 12.0 Å². The number of benzene rings is 1. The summed E-state index contributed by atoms with van der Waals surface area (Å²) in [6.45, 7) is 5.27. The number of hydrogen-bond donors (Lipinski definition) is 0. The summed E-state index contributed by atoms with van der Waals surface area (Å²) in [4.78, 5) is 18.6. The predicted octanol–water partition coefficient (Wildman–Crippen LogP) is 0.544. The van der Waals surface area contributed by atoms with Gasteiger partial charge in [0.15, 0.2) is 0 Å². The molecule has 1 aliphatic rings. The Bertz CT molecular complexity index is 686. The zero-order chi connectivity index (χ0) is 19.9. The number of hydrogen-bond acceptors (Lipinski definition) is 5. The van der Waals surface area contributed by atoms with Crippen molar-refractivity contribution in [2.45, 2.75) is 13.0 Å². The Morgan fingerprint density at radius 2 is 1.63 bits per heavy atom. The smallest absolute Gasteiger partial charge is 0.223 e. The van der Waals surface area contributed by atoms with Crippen molar-refractivity contribution in [3.05, 3.63) is 35.9 Å². The van der Waals surface area contributed by atoms with Crippen molar-refractivity contribution in [3.63, 3.8) is 0 Å². The largest absolute Gasteiger partial charge is 0.340 e. The van der Waals surface area contributed by atoms with Crippen LogP contribution in [0.2, 0.25) is 0 Å². The Hall–Kier alpha value is -1.48. The van der Waals surface area contributed by atoms with Gasteiger partial charge < -0.3 is 9.80 Å². The summed E-state index contributed by atoms with van der Waals surface area (Å²) >= 11 is 0. The summed E-state index contributed by atoms with van der Waals surface area (Å²) in [6.07, 6.45) is 1.44. The van der Waals surface area contributed by atoms with Crippen LogP contribution >= 0.6 is 0 Å². The van der Waals surface area contributed by atoms with Gasteiger partial charge in [0.1, 0.15) is 0 Å². The van der Waals surface area contributed by atoms with Gasteiger partial charge in [-0.3, -0.25) is 9.69 Å². The van der Waals surface area contributed by atoms with Crippen molar-refractivity contribution < 1.29 is 13.2 Å². The molecule has 7 nitrogen and oxygen atoms in total. The van der Waals surface area contributed by atoms with E-state index >= 15 is 0 Å². The summed E-state index contributed by atoms with van der Waals surface area (Å²) < 4.78 is 25.2. The molecule has 27 heavy (non-hydrogen) atoms. The van der Waals surface area contributed by atoms with Crippen molar-refractivity contribution in [2.75, 3.05) is 66.2 Å². The number of carbonyl (C=O) groups is 1. The zero-order valence-electron chi connectivity index (χ0n) is 16.7. The van der Waals surface area contributed by atoms with Crippen LogP contribution in [0, 0.1) is 0 Å². The SMILES string of the molecule is CN(C)CCN(CCC(=O)N1CCN(Cc2ccccc2)CC1)S(C)(=O)=O. The maximum Gasteiger partial charge on any atom is 0.223 e. The number of nitrogens with zero attached hydrogens (tertiary/aromatic N) is 4. The third-order valence-electron chi connectivity index (χ3n) is 4.81. The lowest BCUT2D eigenvalue weighted by atomic mass is 10.2. The fourth-order valence-electron chi connectivity index (χ4n) is 3.13. The molecule has 152 valence electrons. The molecule has 2 rings (SSSR count). The van der Waals surface area contributed by atoms with Crippen molar-refractivity contribution in [3.8, 4) is 0 Å². The van der Waals surface area contributed by atoms with Crippen molar-refractivity contribution in [2.24, 2.45) is 0 Å². The highest BCUT2D eigenvalue weighted by Gasteiger charge is 2.23. The van der Waals surface area contributed by atoms with Gasteiger partial charge in [-0.05, 0) is 19.7 Å². The second kappa shape index (κ2) is 10.2. The molecule has 0 atom stereocenters. The molecule has 8 heteroatoms. The second-order valence-corrected chi connectivity index (χ2v) is 9.34. The topological polar surface area (TPSA) is 64.2 Å². The van der Waals surface area contributed by atoms with Gasteiger partial charge in [0.05, 0.1) is 6.26 Å². The number of carbonyl (C=O) groups excluding carboxylic acids is 1. The standard InChI is InChI=1S/C19H32N4O3S/c1-20(2)11-16-23(27(3,25)26)10-9-19(24)22-14-12-21(13-15-22)17-18-7-5-4-6-8-18/h4-8H,9-17H2,1-3H3. The first-order valence-electron chi connectivity index (χ1n) is 9.39. The summed E-state index contributed by atoms with van der Waals surface area (Å²) in [5.74, 6) is 0.0351. The molecule has 1 aliphatic heterocycles. The van der Waals surface area contributed by atoms with Gasteiger partial charge in [0.25, 0.3) is 0 Å². The van der Waals surface area contributed by atoms with E-state index in [1.807, 2.05) is 42.1 Å². The molecule has 1 saturated heterocycles. The van der Waals surface area contributed by atoms with E-state index in [9.17, 15) is 13.2 Å². The Balaban J connectivity index is 1.77. The number of amides is 1. The van der Waals surface area contributed by atoms with Gasteiger partial charge in [0.2, 0.25) is 15.9 Å². The molecule has 0 N–H and O–H groups in total. The number of likely N-dealkylation sites (N-methyl/N-ethyl adjacent to an activating group) is 1. The third kappa shape index (κ3) is 7.57. The van der Waals surface area contributed by atoms with E-state index in [1.165, 1.54) is 16.1 Å². The average molecular weight is 397 g/mol. The van der Waals surface area contributed by atoms with Crippen LogP contribution < -0.4 is 0 Å². The normalized spacial score (nSPS) is 16.3. The molecule has 1 aromatic rings. The fraction of sp³-hybridized carbons (Fsp3) is 0.632. The second-order valence-electron chi connectivity index (χ2n) is 7.36. The summed E-state index contributed by atoms with van der Waals surface area (Å²) in [7, 11) is 0.504. The highest BCUT2D eigenvalue weighted by molar-refractivity contribution is 7.88. The summed E-state index contributed by atoms with van der Waals surface area (Å²) in [5, 5.41) is 0. The molecule has 0 aliphatic carbocycles. The lowest BCUT2D eigenvalue weighted by molar-refractivity contribution is -0.133. The molecule has 1 heterocycles. The third-order valence-corrected chi connectivity index (χ3v) is 6.12. The number of rotatable bonds is 9. The van der Waals surface area contributed by atoms with Crippen LogP contribution in [-0.4, -0.2) is 99.5 Å². The van der Waals surface area contributed by atoms with Crippen LogP contribution in [0.25, 0.3) is 0 Å². The van der Waals surface area contributed by atoms with Gasteiger partial charge in [0, 0.05) is 58.8 Å². The van der Waals surface area contributed by atoms with E-state index in [-0.39, 0.29) is 18.9 Å². The molecule has 0 radical (unpaired) electrons. The Morgan fingerprint density at radius 1 is 1.00 bits per heavy atom. The van der Waals surface area contributed by atoms with E-state index < -0.39 is 10.0 Å². The van der Waals surface area contributed by atoms with E-state index in [1.54, 1.807) is 0 Å². The summed E-state index contributed by atoms with van der Waals surface area (Å²) in [6, 6.07) is 10.3. The highest BCUT2D eigenvalue weighted by Crippen LogP contribution is 2.10. The highest BCUT2D eigenvalue weighted by atomic mass is 32.2. The molecule has 1 fully saturated rings. The minimum absolute atomic E-state index is 0.0351. The first-order valence-corrected chi connectivity index (χ1v) is 11.2. The number of piperazine rings is 1. The van der Waals surface area contributed by atoms with Crippen molar-refractivity contribution in [1.29, 1.82) is 0 Å². The summed E-state index contributed by atoms with van der Waals surface area (Å²) in [5.41, 5.74) is 1.28. The van der Waals surface area contributed by atoms with E-state index in [0.717, 1.165) is 19.6 Å². The minimum Gasteiger partial charge on any atom is -0.340 e. The first-order chi connectivity index (χ1) is 12.8. The van der Waals surface area contributed by atoms with Crippen molar-refractivity contribution >= 4 is 15.9 Å². The lowest BCUT2D eigenvalue weighted by Gasteiger charge is -2.35. The Morgan fingerprint density at radius 3 is 2.19 bits per heavy atom. The van der Waals surface area contributed by atoms with Gasteiger partial charge >= 0.3 is 0 Å². The average Bonchev–Trinajstić information content (AvgIpc) is 2.61. The van der Waals surface area contributed by atoms with E-state index in [0.29, 0.717) is 26.2 Å². The van der Waals surface area contributed by atoms with Crippen molar-refractivity contribution in [1.82, 2.24) is 19.0 Å². The van der Waals surface area contributed by atoms with Gasteiger partial charge in [-0.2, -0.15) is 0 Å². The quantitative estimate of drug-likeness (QED) is 0.610. The molecule has 0 aromatic heterocycles. The van der Waals surface area contributed by atoms with Gasteiger partial charge in [-0.15, -0.1) is 0 Å². The molecule has 0 saturated carbocycles. The van der Waals surface area contributed by atoms with Gasteiger partial charge in [-0.25, -0.2) is 12.7 Å². The molecule has 0 bridgehead atoms. The molecular weight excluding hydrogens is 364 g/mol. The maximum absolute atomic E-state index is 12.5. The fourth-order valence-corrected chi connectivity index (χ4v) is 3.97. The Labute approximate surface area is 163 Å². The molecule has 1 amide bonds. The van der Waals surface area contributed by atoms with E-state index in [2.05, 4.69) is 17.0 Å². The Kier molecular flexibility index (Phi) is 8.22. The molecule has 1 aromatic carbocycles. The van der Waals surface area contributed by atoms with Crippen LogP contribution in [0.5, 0.6) is 0 Å². The van der Waals surface area contributed by atoms with E-state index in [4.69, 9.17) is 0 Å². The molecule has 0 unspecified atom stereocenters. The molecular formula is C19H32N4O3S. The minimum atomic E-state index is -3.30. The lowest BCUT2D eigenvalue weighted by Crippen LogP contribution is -2.49. The van der Waals surface area contributed by atoms with Crippen LogP contribution in [0.3, 0.4) is 0 Å². The number of sulfonamides is 1. The predicted molar refractivity (Wildman–Crippen MR) is 108 cm³/mol. The van der Waals surface area contributed by atoms with Crippen LogP contribution in [-0.2, 0) is 21.4 Å². The molecule has 0 spiro atoms. The maximum atomic E-state index is 12.5.